The summed E-state index contributed by atoms with van der Waals surface area (Å²) < 4.78 is 18.5. The summed E-state index contributed by atoms with van der Waals surface area (Å²) in [6, 6.07) is 41.0. The van der Waals surface area contributed by atoms with Crippen LogP contribution in [0.5, 0.6) is 0 Å². The summed E-state index contributed by atoms with van der Waals surface area (Å²) >= 11 is 0. The van der Waals surface area contributed by atoms with Crippen molar-refractivity contribution in [2.45, 2.75) is 0 Å². The van der Waals surface area contributed by atoms with Crippen molar-refractivity contribution in [2.24, 2.45) is 0 Å². The second kappa shape index (κ2) is 7.67. The van der Waals surface area contributed by atoms with Crippen LogP contribution < -0.4 is 0 Å². The van der Waals surface area contributed by atoms with Crippen LogP contribution in [0.3, 0.4) is 0 Å². The average Bonchev–Trinajstić information content (AvgIpc) is 3.43. The van der Waals surface area contributed by atoms with Crippen LogP contribution in [0.2, 0.25) is 0 Å². The van der Waals surface area contributed by atoms with E-state index in [0.717, 1.165) is 28.0 Å². The average molecular weight is 454 g/mol. The molecule has 5 aromatic carbocycles. The standard InChI is InChI=1S/C31H20FN3/c32-31-33-27-11-5-7-13-30(27)35(31)24-17-14-21(15-18-24)22-16-19-29-26(20-22)25-10-4-6-12-28(25)34(29)23-8-2-1-3-9-23/h1-20H. The van der Waals surface area contributed by atoms with Gasteiger partial charge in [-0.3, -0.25) is 4.57 Å². The van der Waals surface area contributed by atoms with Gasteiger partial charge >= 0.3 is 0 Å². The van der Waals surface area contributed by atoms with Crippen LogP contribution >= 0.6 is 0 Å². The Morgan fingerprint density at radius 3 is 1.94 bits per heavy atom. The maximum absolute atomic E-state index is 14.6. The van der Waals surface area contributed by atoms with E-state index in [1.807, 2.05) is 54.6 Å². The molecule has 0 saturated heterocycles. The Hall–Kier alpha value is -4.70. The monoisotopic (exact) mass is 453 g/mol. The Bertz CT molecular complexity index is 1840. The number of hydrogen-bond acceptors (Lipinski definition) is 1. The number of nitrogens with zero attached hydrogens (tertiary/aromatic N) is 3. The number of aromatic nitrogens is 3. The molecule has 2 heterocycles. The molecule has 0 aliphatic rings. The summed E-state index contributed by atoms with van der Waals surface area (Å²) in [4.78, 5) is 4.05. The van der Waals surface area contributed by atoms with Gasteiger partial charge in [0, 0.05) is 22.1 Å². The lowest BCUT2D eigenvalue weighted by molar-refractivity contribution is 0.528. The molecule has 0 aliphatic heterocycles. The molecule has 166 valence electrons. The first-order valence-corrected chi connectivity index (χ1v) is 11.6. The molecular weight excluding hydrogens is 433 g/mol. The van der Waals surface area contributed by atoms with Gasteiger partial charge in [0.1, 0.15) is 0 Å². The largest absolute Gasteiger partial charge is 0.309 e. The third kappa shape index (κ3) is 3.07. The lowest BCUT2D eigenvalue weighted by atomic mass is 10.0. The minimum absolute atomic E-state index is 0.505. The van der Waals surface area contributed by atoms with Crippen molar-refractivity contribution in [3.05, 3.63) is 127 Å². The first kappa shape index (κ1) is 19.7. The fourth-order valence-electron chi connectivity index (χ4n) is 5.05. The van der Waals surface area contributed by atoms with Crippen LogP contribution in [0.15, 0.2) is 121 Å². The van der Waals surface area contributed by atoms with Crippen molar-refractivity contribution < 1.29 is 4.39 Å². The van der Waals surface area contributed by atoms with Crippen molar-refractivity contribution in [1.82, 2.24) is 14.1 Å². The second-order valence-corrected chi connectivity index (χ2v) is 8.67. The number of benzene rings is 5. The summed E-state index contributed by atoms with van der Waals surface area (Å²) in [5, 5.41) is 2.43. The Labute approximate surface area is 201 Å². The lowest BCUT2D eigenvalue weighted by Gasteiger charge is -2.09. The molecule has 0 radical (unpaired) electrons. The molecule has 3 nitrogen and oxygen atoms in total. The van der Waals surface area contributed by atoms with Gasteiger partial charge in [-0.25, -0.2) is 4.98 Å². The third-order valence-electron chi connectivity index (χ3n) is 6.67. The maximum Gasteiger partial charge on any atom is 0.294 e. The molecule has 0 aliphatic carbocycles. The summed E-state index contributed by atoms with van der Waals surface area (Å²) in [6.07, 6.45) is -0.505. The number of halogens is 1. The van der Waals surface area contributed by atoms with E-state index in [1.54, 1.807) is 4.57 Å². The zero-order chi connectivity index (χ0) is 23.4. The summed E-state index contributed by atoms with van der Waals surface area (Å²) in [7, 11) is 0. The number of hydrogen-bond donors (Lipinski definition) is 0. The minimum Gasteiger partial charge on any atom is -0.309 e. The molecule has 7 aromatic rings. The van der Waals surface area contributed by atoms with Gasteiger partial charge < -0.3 is 4.57 Å². The fraction of sp³-hybridized carbons (Fsp3) is 0. The molecule has 7 rings (SSSR count). The van der Waals surface area contributed by atoms with Gasteiger partial charge in [-0.2, -0.15) is 4.39 Å². The Morgan fingerprint density at radius 2 is 1.11 bits per heavy atom. The molecule has 0 amide bonds. The molecule has 0 spiro atoms. The number of para-hydroxylation sites is 4. The predicted molar refractivity (Wildman–Crippen MR) is 141 cm³/mol. The van der Waals surface area contributed by atoms with E-state index in [-0.39, 0.29) is 0 Å². The van der Waals surface area contributed by atoms with Gasteiger partial charge in [-0.05, 0) is 65.7 Å². The zero-order valence-electron chi connectivity index (χ0n) is 18.8. The molecule has 0 saturated carbocycles. The van der Waals surface area contributed by atoms with E-state index in [2.05, 4.69) is 76.3 Å². The van der Waals surface area contributed by atoms with Crippen LogP contribution in [0, 0.1) is 6.08 Å². The van der Waals surface area contributed by atoms with Crippen molar-refractivity contribution in [3.8, 4) is 22.5 Å². The summed E-state index contributed by atoms with van der Waals surface area (Å²) in [6.45, 7) is 0. The topological polar surface area (TPSA) is 22.8 Å². The zero-order valence-corrected chi connectivity index (χ0v) is 18.8. The minimum atomic E-state index is -0.505. The quantitative estimate of drug-likeness (QED) is 0.266. The van der Waals surface area contributed by atoms with Gasteiger partial charge in [0.2, 0.25) is 0 Å². The highest BCUT2D eigenvalue weighted by Crippen LogP contribution is 2.35. The van der Waals surface area contributed by atoms with E-state index < -0.39 is 6.08 Å². The van der Waals surface area contributed by atoms with Crippen LogP contribution in [0.25, 0.3) is 55.3 Å². The van der Waals surface area contributed by atoms with Gasteiger partial charge in [0.05, 0.1) is 22.1 Å². The fourth-order valence-corrected chi connectivity index (χ4v) is 5.05. The maximum atomic E-state index is 14.6. The van der Waals surface area contributed by atoms with Crippen molar-refractivity contribution >= 4 is 32.8 Å². The molecule has 0 N–H and O–H groups in total. The smallest absolute Gasteiger partial charge is 0.294 e. The van der Waals surface area contributed by atoms with Crippen LogP contribution in [0.1, 0.15) is 0 Å². The molecule has 0 fully saturated rings. The molecular formula is C31H20FN3. The van der Waals surface area contributed by atoms with E-state index in [0.29, 0.717) is 5.52 Å². The third-order valence-corrected chi connectivity index (χ3v) is 6.67. The van der Waals surface area contributed by atoms with E-state index in [1.165, 1.54) is 21.8 Å². The highest BCUT2D eigenvalue weighted by atomic mass is 19.1. The Morgan fingerprint density at radius 1 is 0.486 bits per heavy atom. The lowest BCUT2D eigenvalue weighted by Crippen LogP contribution is -1.97. The van der Waals surface area contributed by atoms with E-state index in [9.17, 15) is 4.39 Å². The van der Waals surface area contributed by atoms with Crippen LogP contribution in [0.4, 0.5) is 4.39 Å². The van der Waals surface area contributed by atoms with Crippen molar-refractivity contribution in [3.63, 3.8) is 0 Å². The SMILES string of the molecule is Fc1nc2ccccc2n1-c1ccc(-c2ccc3c(c2)c2ccccc2n3-c2ccccc2)cc1. The van der Waals surface area contributed by atoms with E-state index >= 15 is 0 Å². The molecule has 35 heavy (non-hydrogen) atoms. The summed E-state index contributed by atoms with van der Waals surface area (Å²) in [5.41, 5.74) is 7.86. The molecule has 0 atom stereocenters. The molecule has 0 bridgehead atoms. The van der Waals surface area contributed by atoms with Crippen molar-refractivity contribution in [2.75, 3.05) is 0 Å². The van der Waals surface area contributed by atoms with Gasteiger partial charge in [-0.15, -0.1) is 0 Å². The highest BCUT2D eigenvalue weighted by Gasteiger charge is 2.14. The first-order chi connectivity index (χ1) is 17.3. The van der Waals surface area contributed by atoms with Crippen LogP contribution in [-0.2, 0) is 0 Å². The normalized spacial score (nSPS) is 11.6. The molecule has 0 unspecified atom stereocenters. The Kier molecular flexibility index (Phi) is 4.33. The van der Waals surface area contributed by atoms with Crippen molar-refractivity contribution in [1.29, 1.82) is 0 Å². The second-order valence-electron chi connectivity index (χ2n) is 8.67. The number of fused-ring (bicyclic) bond motifs is 4. The van der Waals surface area contributed by atoms with Crippen LogP contribution in [-0.4, -0.2) is 14.1 Å². The van der Waals surface area contributed by atoms with Gasteiger partial charge in [0.25, 0.3) is 6.08 Å². The first-order valence-electron chi connectivity index (χ1n) is 11.6. The molecule has 2 aromatic heterocycles. The summed E-state index contributed by atoms with van der Waals surface area (Å²) in [5.74, 6) is 0. The van der Waals surface area contributed by atoms with Gasteiger partial charge in [-0.1, -0.05) is 66.7 Å². The highest BCUT2D eigenvalue weighted by molar-refractivity contribution is 6.10. The number of imidazole rings is 1. The predicted octanol–water partition coefficient (Wildman–Crippen LogP) is 7.93. The number of rotatable bonds is 3. The van der Waals surface area contributed by atoms with Gasteiger partial charge in [0.15, 0.2) is 0 Å². The van der Waals surface area contributed by atoms with E-state index in [4.69, 9.17) is 0 Å². The Balaban J connectivity index is 1.36. The molecule has 4 heteroatoms.